The molecule has 0 radical (unpaired) electrons. The minimum Gasteiger partial charge on any atom is -0.389 e. The second kappa shape index (κ2) is 4.20. The molecule has 18 heavy (non-hydrogen) atoms. The lowest BCUT2D eigenvalue weighted by Crippen LogP contribution is -2.13. The first-order chi connectivity index (χ1) is 8.30. The van der Waals surface area contributed by atoms with Crippen molar-refractivity contribution in [3.8, 4) is 0 Å². The molecule has 1 heterocycles. The number of pyridine rings is 1. The van der Waals surface area contributed by atoms with E-state index in [1.807, 2.05) is 0 Å². The van der Waals surface area contributed by atoms with E-state index in [1.54, 1.807) is 13.0 Å². The van der Waals surface area contributed by atoms with Crippen molar-refractivity contribution in [1.29, 1.82) is 0 Å². The van der Waals surface area contributed by atoms with E-state index in [1.165, 1.54) is 12.1 Å². The molecular formula is C12H9F3N2S. The summed E-state index contributed by atoms with van der Waals surface area (Å²) in [5.41, 5.74) is 5.50. The van der Waals surface area contributed by atoms with Gasteiger partial charge in [-0.2, -0.15) is 13.2 Å². The summed E-state index contributed by atoms with van der Waals surface area (Å²) in [7, 11) is 0. The molecule has 6 heteroatoms. The predicted molar refractivity (Wildman–Crippen MR) is 67.4 cm³/mol. The minimum absolute atomic E-state index is 0.0600. The Morgan fingerprint density at radius 3 is 2.56 bits per heavy atom. The molecule has 0 aliphatic rings. The summed E-state index contributed by atoms with van der Waals surface area (Å²) in [6.45, 7) is 1.61. The topological polar surface area (TPSA) is 38.9 Å². The molecule has 0 bridgehead atoms. The van der Waals surface area contributed by atoms with Crippen LogP contribution < -0.4 is 5.73 Å². The number of benzene rings is 1. The van der Waals surface area contributed by atoms with Gasteiger partial charge in [-0.05, 0) is 19.1 Å². The van der Waals surface area contributed by atoms with Crippen molar-refractivity contribution in [3.05, 3.63) is 41.1 Å². The van der Waals surface area contributed by atoms with Crippen LogP contribution in [0.3, 0.4) is 0 Å². The summed E-state index contributed by atoms with van der Waals surface area (Å²) < 4.78 is 38.6. The van der Waals surface area contributed by atoms with Gasteiger partial charge in [0.2, 0.25) is 0 Å². The van der Waals surface area contributed by atoms with Gasteiger partial charge >= 0.3 is 6.18 Å². The number of hydrogen-bond acceptors (Lipinski definition) is 2. The van der Waals surface area contributed by atoms with Crippen molar-refractivity contribution >= 4 is 28.1 Å². The highest BCUT2D eigenvalue weighted by Gasteiger charge is 2.33. The molecule has 1 aromatic carbocycles. The normalized spacial score (nSPS) is 11.8. The first-order valence-corrected chi connectivity index (χ1v) is 5.49. The van der Waals surface area contributed by atoms with Gasteiger partial charge in [-0.15, -0.1) is 0 Å². The molecule has 0 amide bonds. The Hall–Kier alpha value is -1.69. The number of nitrogens with two attached hydrogens (primary N) is 1. The smallest absolute Gasteiger partial charge is 0.389 e. The largest absolute Gasteiger partial charge is 0.418 e. The van der Waals surface area contributed by atoms with Crippen LogP contribution in [0, 0.1) is 6.92 Å². The number of nitrogens with zero attached hydrogens (tertiary/aromatic N) is 1. The van der Waals surface area contributed by atoms with Gasteiger partial charge in [0.25, 0.3) is 0 Å². The number of alkyl halides is 3. The number of aryl methyl sites for hydroxylation is 1. The summed E-state index contributed by atoms with van der Waals surface area (Å²) in [6, 6.07) is 5.44. The van der Waals surface area contributed by atoms with Gasteiger partial charge in [0.1, 0.15) is 4.99 Å². The molecule has 2 nitrogen and oxygen atoms in total. The molecule has 0 spiro atoms. The van der Waals surface area contributed by atoms with Crippen molar-refractivity contribution in [3.63, 3.8) is 0 Å². The summed E-state index contributed by atoms with van der Waals surface area (Å²) in [4.78, 5) is 4.01. The van der Waals surface area contributed by atoms with Crippen LogP contribution in [0.25, 0.3) is 10.9 Å². The Bertz CT molecular complexity index is 635. The van der Waals surface area contributed by atoms with Crippen molar-refractivity contribution in [1.82, 2.24) is 4.98 Å². The molecule has 0 atom stereocenters. The lowest BCUT2D eigenvalue weighted by molar-refractivity contribution is -0.136. The number of halogens is 3. The highest BCUT2D eigenvalue weighted by Crippen LogP contribution is 2.34. The summed E-state index contributed by atoms with van der Waals surface area (Å²) in [5, 5.41) is 0.322. The SMILES string of the molecule is Cc1cc(C(N)=S)c2cccc(C(F)(F)F)c2n1. The molecule has 0 aliphatic heterocycles. The first kappa shape index (κ1) is 12.8. The Balaban J connectivity index is 2.90. The van der Waals surface area contributed by atoms with Crippen LogP contribution in [0.2, 0.25) is 0 Å². The second-order valence-electron chi connectivity index (χ2n) is 3.87. The number of thiocarbonyl (C=S) groups is 1. The van der Waals surface area contributed by atoms with Crippen LogP contribution in [0.15, 0.2) is 24.3 Å². The third-order valence-corrected chi connectivity index (χ3v) is 2.76. The molecule has 0 saturated carbocycles. The summed E-state index contributed by atoms with van der Waals surface area (Å²) >= 11 is 4.85. The van der Waals surface area contributed by atoms with E-state index in [-0.39, 0.29) is 10.5 Å². The van der Waals surface area contributed by atoms with E-state index in [2.05, 4.69) is 4.98 Å². The number of aromatic nitrogens is 1. The fourth-order valence-electron chi connectivity index (χ4n) is 1.81. The minimum atomic E-state index is -4.45. The summed E-state index contributed by atoms with van der Waals surface area (Å²) in [6.07, 6.45) is -4.45. The number of hydrogen-bond donors (Lipinski definition) is 1. The van der Waals surface area contributed by atoms with Crippen molar-refractivity contribution in [2.45, 2.75) is 13.1 Å². The van der Waals surface area contributed by atoms with Gasteiger partial charge < -0.3 is 5.73 Å². The average molecular weight is 270 g/mol. The van der Waals surface area contributed by atoms with Gasteiger partial charge in [-0.1, -0.05) is 24.4 Å². The fourth-order valence-corrected chi connectivity index (χ4v) is 1.98. The molecule has 2 rings (SSSR count). The highest BCUT2D eigenvalue weighted by atomic mass is 32.1. The van der Waals surface area contributed by atoms with E-state index in [0.717, 1.165) is 6.07 Å². The Morgan fingerprint density at radius 2 is 2.00 bits per heavy atom. The lowest BCUT2D eigenvalue weighted by atomic mass is 10.0. The molecule has 0 saturated heterocycles. The Kier molecular flexibility index (Phi) is 2.98. The highest BCUT2D eigenvalue weighted by molar-refractivity contribution is 7.80. The monoisotopic (exact) mass is 270 g/mol. The number of para-hydroxylation sites is 1. The first-order valence-electron chi connectivity index (χ1n) is 5.08. The van der Waals surface area contributed by atoms with E-state index in [4.69, 9.17) is 18.0 Å². The molecule has 2 aromatic rings. The van der Waals surface area contributed by atoms with Gasteiger partial charge in [-0.25, -0.2) is 0 Å². The second-order valence-corrected chi connectivity index (χ2v) is 4.31. The van der Waals surface area contributed by atoms with Crippen LogP contribution in [-0.2, 0) is 6.18 Å². The number of rotatable bonds is 1. The zero-order valence-electron chi connectivity index (χ0n) is 9.38. The lowest BCUT2D eigenvalue weighted by Gasteiger charge is -2.12. The van der Waals surface area contributed by atoms with Gasteiger partial charge in [0.05, 0.1) is 11.1 Å². The molecule has 0 fully saturated rings. The van der Waals surface area contributed by atoms with Gasteiger partial charge in [0, 0.05) is 16.6 Å². The predicted octanol–water partition coefficient (Wildman–Crippen LogP) is 3.20. The van der Waals surface area contributed by atoms with Crippen LogP contribution in [-0.4, -0.2) is 9.97 Å². The average Bonchev–Trinajstić information content (AvgIpc) is 2.25. The standard InChI is InChI=1S/C12H9F3N2S/c1-6-5-8(11(16)18)7-3-2-4-9(10(7)17-6)12(13,14)15/h2-5H,1H3,(H2,16,18). The third kappa shape index (κ3) is 2.15. The number of fused-ring (bicyclic) bond motifs is 1. The molecule has 1 aromatic heterocycles. The molecule has 0 aliphatic carbocycles. The maximum atomic E-state index is 12.9. The molecular weight excluding hydrogens is 261 g/mol. The van der Waals surface area contributed by atoms with Crippen molar-refractivity contribution in [2.75, 3.05) is 0 Å². The maximum absolute atomic E-state index is 12.9. The van der Waals surface area contributed by atoms with Gasteiger partial charge in [0.15, 0.2) is 0 Å². The van der Waals surface area contributed by atoms with E-state index < -0.39 is 11.7 Å². The van der Waals surface area contributed by atoms with Crippen LogP contribution >= 0.6 is 12.2 Å². The van der Waals surface area contributed by atoms with Crippen molar-refractivity contribution in [2.24, 2.45) is 5.73 Å². The van der Waals surface area contributed by atoms with E-state index >= 15 is 0 Å². The fraction of sp³-hybridized carbons (Fsp3) is 0.167. The molecule has 2 N–H and O–H groups in total. The molecule has 0 unspecified atom stereocenters. The van der Waals surface area contributed by atoms with Crippen LogP contribution in [0.1, 0.15) is 16.8 Å². The zero-order chi connectivity index (χ0) is 13.5. The maximum Gasteiger partial charge on any atom is 0.418 e. The van der Waals surface area contributed by atoms with Crippen LogP contribution in [0.4, 0.5) is 13.2 Å². The summed E-state index contributed by atoms with van der Waals surface area (Å²) in [5.74, 6) is 0. The zero-order valence-corrected chi connectivity index (χ0v) is 10.2. The van der Waals surface area contributed by atoms with Gasteiger partial charge in [-0.3, -0.25) is 4.98 Å². The van der Waals surface area contributed by atoms with Crippen molar-refractivity contribution < 1.29 is 13.2 Å². The van der Waals surface area contributed by atoms with Crippen LogP contribution in [0.5, 0.6) is 0 Å². The third-order valence-electron chi connectivity index (χ3n) is 2.54. The Labute approximate surface area is 107 Å². The quantitative estimate of drug-likeness (QED) is 0.809. The Morgan fingerprint density at radius 1 is 1.33 bits per heavy atom. The van der Waals surface area contributed by atoms with E-state index in [0.29, 0.717) is 16.6 Å². The van der Waals surface area contributed by atoms with E-state index in [9.17, 15) is 13.2 Å². The molecule has 94 valence electrons.